The summed E-state index contributed by atoms with van der Waals surface area (Å²) in [5.74, 6) is -0.936. The summed E-state index contributed by atoms with van der Waals surface area (Å²) in [6.45, 7) is 3.83. The van der Waals surface area contributed by atoms with Gasteiger partial charge in [0.15, 0.2) is 6.23 Å². The van der Waals surface area contributed by atoms with E-state index in [-0.39, 0.29) is 11.3 Å². The number of hydrogen-bond donors (Lipinski definition) is 4. The number of fused-ring (bicyclic) bond motifs is 1. The lowest BCUT2D eigenvalue weighted by atomic mass is 9.97. The maximum absolute atomic E-state index is 11.0. The third-order valence-corrected chi connectivity index (χ3v) is 4.94. The first kappa shape index (κ1) is 17.3. The number of aromatic nitrogens is 1. The molecule has 3 heterocycles. The maximum atomic E-state index is 11.0. The van der Waals surface area contributed by atoms with Gasteiger partial charge in [-0.3, -0.25) is 15.4 Å². The standard InChI is InChI=1S/C19H19N3O5/c1-9-14(17-15-12(8-27-17)7-20-10(2)16(15)23)18(24)22(21-9)13-5-3-11(4-6-13)19(25)26/h3-7,17-18,21,23-24H,8H2,1-2H3,(H,25,26). The van der Waals surface area contributed by atoms with Crippen LogP contribution in [0.1, 0.15) is 40.2 Å². The lowest BCUT2D eigenvalue weighted by Crippen LogP contribution is -2.39. The van der Waals surface area contributed by atoms with Crippen molar-refractivity contribution < 1.29 is 24.9 Å². The van der Waals surface area contributed by atoms with Crippen molar-refractivity contribution in [1.29, 1.82) is 0 Å². The SMILES string of the molecule is CC1=C(C2OCc3cnc(C)c(O)c32)C(O)N(c2ccc(C(=O)O)cc2)N1. The second kappa shape index (κ2) is 6.26. The second-order valence-corrected chi connectivity index (χ2v) is 6.61. The van der Waals surface area contributed by atoms with Gasteiger partial charge in [0.25, 0.3) is 0 Å². The molecular weight excluding hydrogens is 350 g/mol. The van der Waals surface area contributed by atoms with E-state index < -0.39 is 18.3 Å². The van der Waals surface area contributed by atoms with Crippen molar-refractivity contribution in [3.05, 3.63) is 64.1 Å². The van der Waals surface area contributed by atoms with E-state index in [1.807, 2.05) is 6.92 Å². The number of carboxylic acids is 1. The van der Waals surface area contributed by atoms with Gasteiger partial charge < -0.3 is 20.1 Å². The van der Waals surface area contributed by atoms with Crippen LogP contribution in [0.4, 0.5) is 5.69 Å². The number of anilines is 1. The van der Waals surface area contributed by atoms with E-state index in [2.05, 4.69) is 10.4 Å². The molecule has 0 amide bonds. The van der Waals surface area contributed by atoms with E-state index in [0.717, 1.165) is 5.56 Å². The van der Waals surface area contributed by atoms with Gasteiger partial charge in [0.2, 0.25) is 0 Å². The molecule has 2 aromatic rings. The van der Waals surface area contributed by atoms with E-state index >= 15 is 0 Å². The molecule has 0 fully saturated rings. The number of hydrazine groups is 1. The Hall–Kier alpha value is -3.10. The van der Waals surface area contributed by atoms with Gasteiger partial charge in [0, 0.05) is 28.6 Å². The lowest BCUT2D eigenvalue weighted by Gasteiger charge is -2.26. The van der Waals surface area contributed by atoms with Crippen LogP contribution in [0, 0.1) is 6.92 Å². The zero-order valence-corrected chi connectivity index (χ0v) is 14.8. The van der Waals surface area contributed by atoms with Crippen LogP contribution in [-0.4, -0.2) is 32.5 Å². The number of nitrogens with one attached hydrogen (secondary N) is 1. The normalized spacial score (nSPS) is 21.4. The number of aromatic hydroxyl groups is 1. The Morgan fingerprint density at radius 2 is 2.00 bits per heavy atom. The minimum atomic E-state index is -1.04. The van der Waals surface area contributed by atoms with Crippen molar-refractivity contribution in [2.45, 2.75) is 32.8 Å². The molecule has 4 rings (SSSR count). The fraction of sp³-hybridized carbons (Fsp3) is 0.263. The average molecular weight is 369 g/mol. The number of aryl methyl sites for hydroxylation is 1. The molecular formula is C19H19N3O5. The number of carbonyl (C=O) groups is 1. The number of allylic oxidation sites excluding steroid dienone is 1. The van der Waals surface area contributed by atoms with Crippen LogP contribution in [-0.2, 0) is 11.3 Å². The maximum Gasteiger partial charge on any atom is 0.335 e. The Bertz CT molecular complexity index is 955. The van der Waals surface area contributed by atoms with Gasteiger partial charge in [-0.1, -0.05) is 0 Å². The van der Waals surface area contributed by atoms with Crippen molar-refractivity contribution in [1.82, 2.24) is 10.4 Å². The van der Waals surface area contributed by atoms with Crippen molar-refractivity contribution in [3.8, 4) is 5.75 Å². The number of carboxylic acid groups (broad SMARTS) is 1. The number of pyridine rings is 1. The number of ether oxygens (including phenoxy) is 1. The van der Waals surface area contributed by atoms with Crippen LogP contribution >= 0.6 is 0 Å². The molecule has 2 aliphatic rings. The summed E-state index contributed by atoms with van der Waals surface area (Å²) < 4.78 is 5.86. The Morgan fingerprint density at radius 3 is 2.67 bits per heavy atom. The quantitative estimate of drug-likeness (QED) is 0.649. The van der Waals surface area contributed by atoms with Gasteiger partial charge in [-0.25, -0.2) is 4.79 Å². The topological polar surface area (TPSA) is 115 Å². The molecule has 1 aromatic heterocycles. The molecule has 0 bridgehead atoms. The highest BCUT2D eigenvalue weighted by atomic mass is 16.5. The van der Waals surface area contributed by atoms with Crippen LogP contribution < -0.4 is 10.4 Å². The van der Waals surface area contributed by atoms with Gasteiger partial charge in [-0.05, 0) is 38.1 Å². The van der Waals surface area contributed by atoms with Gasteiger partial charge in [-0.2, -0.15) is 0 Å². The van der Waals surface area contributed by atoms with Crippen LogP contribution in [0.25, 0.3) is 0 Å². The van der Waals surface area contributed by atoms with E-state index in [1.54, 1.807) is 25.3 Å². The molecule has 2 unspecified atom stereocenters. The summed E-state index contributed by atoms with van der Waals surface area (Å²) in [5, 5.41) is 31.9. The molecule has 27 heavy (non-hydrogen) atoms. The second-order valence-electron chi connectivity index (χ2n) is 6.61. The highest BCUT2D eigenvalue weighted by molar-refractivity contribution is 5.88. The number of aliphatic hydroxyl groups excluding tert-OH is 1. The summed E-state index contributed by atoms with van der Waals surface area (Å²) in [6.07, 6.45) is 0.0502. The molecule has 8 nitrogen and oxygen atoms in total. The van der Waals surface area contributed by atoms with Crippen LogP contribution in [0.15, 0.2) is 41.7 Å². The third-order valence-electron chi connectivity index (χ3n) is 4.94. The highest BCUT2D eigenvalue weighted by Gasteiger charge is 2.40. The highest BCUT2D eigenvalue weighted by Crippen LogP contribution is 2.45. The van der Waals surface area contributed by atoms with E-state index in [4.69, 9.17) is 9.84 Å². The molecule has 0 spiro atoms. The average Bonchev–Trinajstić information content (AvgIpc) is 3.19. The number of aromatic carboxylic acids is 1. The van der Waals surface area contributed by atoms with Gasteiger partial charge >= 0.3 is 5.97 Å². The number of benzene rings is 1. The van der Waals surface area contributed by atoms with Crippen LogP contribution in [0.2, 0.25) is 0 Å². The zero-order valence-electron chi connectivity index (χ0n) is 14.8. The van der Waals surface area contributed by atoms with E-state index in [0.29, 0.717) is 34.8 Å². The molecule has 2 aliphatic heterocycles. The Labute approximate surface area is 155 Å². The summed E-state index contributed by atoms with van der Waals surface area (Å²) in [4.78, 5) is 15.2. The first-order valence-corrected chi connectivity index (χ1v) is 8.45. The van der Waals surface area contributed by atoms with Gasteiger partial charge in [0.1, 0.15) is 11.9 Å². The van der Waals surface area contributed by atoms with Gasteiger partial charge in [0.05, 0.1) is 23.6 Å². The number of nitrogens with zero attached hydrogens (tertiary/aromatic N) is 2. The fourth-order valence-electron chi connectivity index (χ4n) is 3.50. The lowest BCUT2D eigenvalue weighted by molar-refractivity contribution is 0.0692. The number of rotatable bonds is 3. The summed E-state index contributed by atoms with van der Waals surface area (Å²) in [7, 11) is 0. The minimum absolute atomic E-state index is 0.0757. The molecule has 4 N–H and O–H groups in total. The van der Waals surface area contributed by atoms with Crippen molar-refractivity contribution in [2.75, 3.05) is 5.01 Å². The first-order valence-electron chi connectivity index (χ1n) is 8.45. The van der Waals surface area contributed by atoms with Crippen molar-refractivity contribution in [3.63, 3.8) is 0 Å². The summed E-state index contributed by atoms with van der Waals surface area (Å²) in [5.41, 5.74) is 7.09. The monoisotopic (exact) mass is 369 g/mol. The largest absolute Gasteiger partial charge is 0.506 e. The van der Waals surface area contributed by atoms with Crippen LogP contribution in [0.3, 0.4) is 0 Å². The van der Waals surface area contributed by atoms with E-state index in [1.165, 1.54) is 17.1 Å². The third kappa shape index (κ3) is 2.70. The molecule has 0 saturated carbocycles. The predicted molar refractivity (Wildman–Crippen MR) is 95.9 cm³/mol. The van der Waals surface area contributed by atoms with E-state index in [9.17, 15) is 15.0 Å². The zero-order chi connectivity index (χ0) is 19.3. The first-order chi connectivity index (χ1) is 12.9. The minimum Gasteiger partial charge on any atom is -0.506 e. The summed E-state index contributed by atoms with van der Waals surface area (Å²) in [6, 6.07) is 6.18. The predicted octanol–water partition coefficient (Wildman–Crippen LogP) is 1.98. The molecule has 2 atom stereocenters. The molecule has 140 valence electrons. The summed E-state index contributed by atoms with van der Waals surface area (Å²) >= 11 is 0. The Balaban J connectivity index is 1.66. The fourth-order valence-corrected chi connectivity index (χ4v) is 3.50. The molecule has 8 heteroatoms. The smallest absolute Gasteiger partial charge is 0.335 e. The van der Waals surface area contributed by atoms with Crippen molar-refractivity contribution in [2.24, 2.45) is 0 Å². The van der Waals surface area contributed by atoms with Crippen molar-refractivity contribution >= 4 is 11.7 Å². The van der Waals surface area contributed by atoms with Gasteiger partial charge in [-0.15, -0.1) is 0 Å². The Kier molecular flexibility index (Phi) is 4.01. The molecule has 0 radical (unpaired) electrons. The Morgan fingerprint density at radius 1 is 1.30 bits per heavy atom. The number of aliphatic hydroxyl groups is 1. The molecule has 0 saturated heterocycles. The molecule has 0 aliphatic carbocycles. The number of hydrogen-bond acceptors (Lipinski definition) is 7. The molecule has 1 aromatic carbocycles. The van der Waals surface area contributed by atoms with Crippen LogP contribution in [0.5, 0.6) is 5.75 Å².